The van der Waals surface area contributed by atoms with Gasteiger partial charge in [0.15, 0.2) is 16.0 Å². The third-order valence-corrected chi connectivity index (χ3v) is 8.53. The Kier molecular flexibility index (Phi) is 9.46. The van der Waals surface area contributed by atoms with E-state index in [2.05, 4.69) is 25.4 Å². The molecule has 2 amide bonds. The van der Waals surface area contributed by atoms with Crippen molar-refractivity contribution in [3.8, 4) is 0 Å². The van der Waals surface area contributed by atoms with Gasteiger partial charge in [0.2, 0.25) is 6.61 Å². The second-order valence-electron chi connectivity index (χ2n) is 8.44. The molecule has 2 aromatic rings. The lowest BCUT2D eigenvalue weighted by molar-refractivity contribution is -0.150. The Morgan fingerprint density at radius 1 is 1.28 bits per heavy atom. The van der Waals surface area contributed by atoms with Crippen LogP contribution < -0.4 is 22.2 Å². The highest BCUT2D eigenvalue weighted by molar-refractivity contribution is 8.02. The third kappa shape index (κ3) is 6.52. The number of nitrogen functional groups attached to an aromatic ring is 1. The number of carboxylic acid groups (broad SMARTS) is 2. The number of nitrogens with zero attached hydrogens (tertiary/aromatic N) is 6. The molecule has 21 heteroatoms. The Hall–Kier alpha value is -4.76. The highest BCUT2D eigenvalue weighted by Crippen LogP contribution is 2.41. The number of β-lactam (4-membered cyclic amide) rings is 1. The number of aromatic nitrogens is 4. The van der Waals surface area contributed by atoms with Crippen LogP contribution in [0.3, 0.4) is 0 Å². The number of thioether (sulfide) groups is 2. The number of carboxylic acids is 2. The van der Waals surface area contributed by atoms with Crippen molar-refractivity contribution in [2.75, 3.05) is 18.1 Å². The summed E-state index contributed by atoms with van der Waals surface area (Å²) in [6.45, 7) is -1.27. The van der Waals surface area contributed by atoms with Gasteiger partial charge in [-0.3, -0.25) is 28.6 Å². The topological polar surface area (TPSA) is 258 Å². The van der Waals surface area contributed by atoms with Crippen LogP contribution in [0.1, 0.15) is 5.69 Å². The summed E-state index contributed by atoms with van der Waals surface area (Å²) >= 11 is 3.03. The number of thiazole rings is 1. The van der Waals surface area contributed by atoms with Gasteiger partial charge in [-0.05, 0) is 17.1 Å². The molecule has 18 nitrogen and oxygen atoms in total. The zero-order chi connectivity index (χ0) is 31.4. The Bertz CT molecular complexity index is 1730. The summed E-state index contributed by atoms with van der Waals surface area (Å²) in [6.07, 6.45) is 1.82. The fourth-order valence-electron chi connectivity index (χ4n) is 3.76. The monoisotopic (exact) mass is 652 g/mol. The number of oxime groups is 1. The molecule has 0 aliphatic carbocycles. The predicted molar refractivity (Wildman–Crippen MR) is 151 cm³/mol. The molecule has 0 radical (unpaired) electrons. The number of nitrogens with two attached hydrogens (primary N) is 1. The summed E-state index contributed by atoms with van der Waals surface area (Å²) in [7, 11) is 1.31. The molecule has 2 atom stereocenters. The molecule has 1 fully saturated rings. The Labute approximate surface area is 251 Å². The van der Waals surface area contributed by atoms with Gasteiger partial charge in [-0.1, -0.05) is 16.9 Å². The van der Waals surface area contributed by atoms with Gasteiger partial charge in [-0.15, -0.1) is 28.2 Å². The van der Waals surface area contributed by atoms with Crippen LogP contribution in [0.15, 0.2) is 48.0 Å². The molecule has 2 aliphatic rings. The van der Waals surface area contributed by atoms with Crippen LogP contribution in [0.5, 0.6) is 0 Å². The second-order valence-corrected chi connectivity index (χ2v) is 11.3. The number of hydrogen-bond donors (Lipinski definition) is 4. The molecule has 226 valence electrons. The fraction of sp³-hybridized carbons (Fsp3) is 0.273. The minimum atomic E-state index is -1.40. The van der Waals surface area contributed by atoms with Crippen LogP contribution in [0.25, 0.3) is 0 Å². The summed E-state index contributed by atoms with van der Waals surface area (Å²) in [5.74, 6) is -4.29. The van der Waals surface area contributed by atoms with Gasteiger partial charge < -0.3 is 30.9 Å². The zero-order valence-electron chi connectivity index (χ0n) is 21.7. The van der Waals surface area contributed by atoms with Crippen molar-refractivity contribution in [3.63, 3.8) is 0 Å². The molecule has 0 bridgehead atoms. The Balaban J connectivity index is 1.52. The van der Waals surface area contributed by atoms with Crippen LogP contribution in [-0.4, -0.2) is 94.0 Å². The molecule has 5 N–H and O–H groups in total. The second kappa shape index (κ2) is 13.0. The van der Waals surface area contributed by atoms with E-state index in [1.54, 1.807) is 0 Å². The van der Waals surface area contributed by atoms with Crippen molar-refractivity contribution < 1.29 is 39.0 Å². The molecule has 2 unspecified atom stereocenters. The van der Waals surface area contributed by atoms with E-state index < -0.39 is 65.2 Å². The largest absolute Gasteiger partial charge is 0.479 e. The molecule has 1 saturated heterocycles. The van der Waals surface area contributed by atoms with Crippen molar-refractivity contribution >= 4 is 75.7 Å². The molecular weight excluding hydrogens is 632 g/mol. The van der Waals surface area contributed by atoms with Gasteiger partial charge in [-0.2, -0.15) is 0 Å². The molecule has 4 rings (SSSR count). The van der Waals surface area contributed by atoms with E-state index in [4.69, 9.17) is 10.8 Å². The number of anilines is 1. The average Bonchev–Trinajstić information content (AvgIpc) is 3.39. The highest BCUT2D eigenvalue weighted by Gasteiger charge is 2.54. The normalized spacial score (nSPS) is 18.3. The summed E-state index contributed by atoms with van der Waals surface area (Å²) in [5.41, 5.74) is 3.19. The molecular formula is C22H20N8O10S3. The van der Waals surface area contributed by atoms with E-state index in [0.29, 0.717) is 11.0 Å². The highest BCUT2D eigenvalue weighted by atomic mass is 32.2. The lowest BCUT2D eigenvalue weighted by atomic mass is 10.0. The van der Waals surface area contributed by atoms with E-state index in [-0.39, 0.29) is 33.0 Å². The van der Waals surface area contributed by atoms with Crippen LogP contribution in [0.4, 0.5) is 5.13 Å². The number of carbonyl (C=O) groups is 5. The molecule has 2 aromatic heterocycles. The minimum absolute atomic E-state index is 0.0186. The van der Waals surface area contributed by atoms with Gasteiger partial charge in [0.1, 0.15) is 35.6 Å². The first-order valence-corrected chi connectivity index (χ1v) is 14.6. The number of aldehydes is 1. The number of aliphatic carboxylic acids is 2. The quantitative estimate of drug-likeness (QED) is 0.0484. The number of fused-ring (bicyclic) bond motifs is 1. The third-order valence-electron chi connectivity index (χ3n) is 5.72. The molecule has 0 spiro atoms. The maximum Gasteiger partial charge on any atom is 0.352 e. The molecule has 0 aromatic carbocycles. The van der Waals surface area contributed by atoms with Crippen LogP contribution in [0.2, 0.25) is 0 Å². The van der Waals surface area contributed by atoms with Crippen molar-refractivity contribution in [2.45, 2.75) is 23.1 Å². The van der Waals surface area contributed by atoms with Crippen LogP contribution in [0, 0.1) is 0 Å². The first-order valence-electron chi connectivity index (χ1n) is 11.7. The van der Waals surface area contributed by atoms with Crippen molar-refractivity contribution in [1.29, 1.82) is 0 Å². The number of hydrogen-bond acceptors (Lipinski definition) is 15. The number of amides is 2. The number of carbonyl (C=O) groups excluding carboxylic acids is 3. The summed E-state index contributed by atoms with van der Waals surface area (Å²) in [4.78, 5) is 93.5. The predicted octanol–water partition coefficient (Wildman–Crippen LogP) is -1.97. The first kappa shape index (κ1) is 31.2. The lowest BCUT2D eigenvalue weighted by Crippen LogP contribution is -2.71. The van der Waals surface area contributed by atoms with Crippen LogP contribution in [-0.2, 0) is 42.4 Å². The summed E-state index contributed by atoms with van der Waals surface area (Å²) in [6, 6.07) is -1.15. The average molecular weight is 653 g/mol. The number of allylic oxidation sites excluding steroid dienone is 1. The first-order chi connectivity index (χ1) is 20.4. The maximum absolute atomic E-state index is 13.0. The van der Waals surface area contributed by atoms with E-state index in [0.717, 1.165) is 44.3 Å². The SMILES string of the molecule is Cn1c(SC=CC2=C(C(=O)O)N3C(=O)C(NC(=O)C(=NOCC(=O)O)c4csc(N)n4)C3SC2)nn(CC=O)c(=O)c1=O. The standard InChI is InChI=1S/C22H20N8O10S3/c1-28-17(36)18(37)29(3-4-31)26-22(28)41-5-2-9-7-42-19-13(16(35)30(19)14(9)20(38)39)25-15(34)12(27-40-6-11(32)33)10-8-43-21(23)24-10/h2,4-5,8,13,19H,3,6-7H2,1H3,(H2,23,24)(H,25,34)(H,32,33)(H,38,39). The number of rotatable bonds is 12. The van der Waals surface area contributed by atoms with Gasteiger partial charge >= 0.3 is 23.1 Å². The lowest BCUT2D eigenvalue weighted by Gasteiger charge is -2.49. The Morgan fingerprint density at radius 2 is 2.02 bits per heavy atom. The fourth-order valence-corrected chi connectivity index (χ4v) is 6.37. The number of nitrogens with one attached hydrogen (secondary N) is 1. The van der Waals surface area contributed by atoms with Crippen molar-refractivity contribution in [3.05, 3.63) is 54.5 Å². The smallest absolute Gasteiger partial charge is 0.352 e. The Morgan fingerprint density at radius 3 is 2.65 bits per heavy atom. The summed E-state index contributed by atoms with van der Waals surface area (Å²) < 4.78 is 1.69. The van der Waals surface area contributed by atoms with Crippen LogP contribution >= 0.6 is 34.9 Å². The van der Waals surface area contributed by atoms with E-state index in [1.807, 2.05) is 0 Å². The zero-order valence-corrected chi connectivity index (χ0v) is 24.2. The molecule has 43 heavy (non-hydrogen) atoms. The van der Waals surface area contributed by atoms with Gasteiger partial charge in [0.05, 0.1) is 0 Å². The van der Waals surface area contributed by atoms with Gasteiger partial charge in [-0.25, -0.2) is 19.3 Å². The maximum atomic E-state index is 13.0. The van der Waals surface area contributed by atoms with Gasteiger partial charge in [0.25, 0.3) is 11.8 Å². The van der Waals surface area contributed by atoms with Crippen molar-refractivity contribution in [2.24, 2.45) is 12.2 Å². The van der Waals surface area contributed by atoms with E-state index in [9.17, 15) is 38.7 Å². The van der Waals surface area contributed by atoms with Gasteiger partial charge in [0, 0.05) is 18.2 Å². The van der Waals surface area contributed by atoms with E-state index >= 15 is 0 Å². The molecule has 2 aliphatic heterocycles. The van der Waals surface area contributed by atoms with E-state index in [1.165, 1.54) is 23.9 Å². The molecule has 4 heterocycles. The summed E-state index contributed by atoms with van der Waals surface area (Å²) in [5, 5.41) is 30.8. The molecule has 0 saturated carbocycles. The van der Waals surface area contributed by atoms with Crippen molar-refractivity contribution in [1.82, 2.24) is 29.5 Å². The minimum Gasteiger partial charge on any atom is -0.479 e.